The van der Waals surface area contributed by atoms with Gasteiger partial charge in [-0.3, -0.25) is 0 Å². The zero-order valence-electron chi connectivity index (χ0n) is 7.46. The van der Waals surface area contributed by atoms with Gasteiger partial charge in [0.1, 0.15) is 0 Å². The Labute approximate surface area is 67.7 Å². The van der Waals surface area contributed by atoms with E-state index < -0.39 is 0 Å². The van der Waals surface area contributed by atoms with Gasteiger partial charge in [-0.1, -0.05) is 12.1 Å². The van der Waals surface area contributed by atoms with Crippen LogP contribution in [-0.2, 0) is 0 Å². The van der Waals surface area contributed by atoms with Crippen LogP contribution in [0, 0.1) is 5.92 Å². The Bertz CT molecular complexity index is 167. The van der Waals surface area contributed by atoms with Crippen LogP contribution in [0.4, 0.5) is 0 Å². The van der Waals surface area contributed by atoms with E-state index in [4.69, 9.17) is 5.21 Å². The fourth-order valence-corrected chi connectivity index (χ4v) is 1.63. The second kappa shape index (κ2) is 3.22. The molecule has 0 aromatic heterocycles. The first-order chi connectivity index (χ1) is 5.15. The Morgan fingerprint density at radius 3 is 2.73 bits per heavy atom. The fourth-order valence-electron chi connectivity index (χ4n) is 1.63. The van der Waals surface area contributed by atoms with E-state index in [1.807, 2.05) is 0 Å². The number of oxime groups is 1. The molecule has 0 aromatic carbocycles. The molecular weight excluding hydrogens is 140 g/mol. The summed E-state index contributed by atoms with van der Waals surface area (Å²) in [5.41, 5.74) is 0.961. The van der Waals surface area contributed by atoms with Crippen molar-refractivity contribution in [2.75, 3.05) is 13.6 Å². The molecule has 0 amide bonds. The number of hydrogen-bond donors (Lipinski definition) is 2. The summed E-state index contributed by atoms with van der Waals surface area (Å²) in [5, 5.41) is 12.0. The van der Waals surface area contributed by atoms with Crippen LogP contribution >= 0.6 is 0 Å². The molecule has 2 N–H and O–H groups in total. The maximum atomic E-state index is 8.64. The predicted octanol–water partition coefficient (Wildman–Crippen LogP) is -0.240. The zero-order chi connectivity index (χ0) is 8.43. The summed E-state index contributed by atoms with van der Waals surface area (Å²) in [5.74, 6) is 0.441. The molecule has 0 spiro atoms. The van der Waals surface area contributed by atoms with E-state index in [-0.39, 0.29) is 0 Å². The van der Waals surface area contributed by atoms with Crippen molar-refractivity contribution >= 4 is 5.71 Å². The summed E-state index contributed by atoms with van der Waals surface area (Å²) in [4.78, 5) is 1.53. The first kappa shape index (κ1) is 8.53. The molecule has 1 saturated heterocycles. The van der Waals surface area contributed by atoms with Crippen LogP contribution in [-0.4, -0.2) is 30.6 Å². The van der Waals surface area contributed by atoms with Crippen molar-refractivity contribution < 1.29 is 10.1 Å². The van der Waals surface area contributed by atoms with Crippen molar-refractivity contribution in [1.82, 2.24) is 0 Å². The Hall–Kier alpha value is -0.570. The lowest BCUT2D eigenvalue weighted by Gasteiger charge is -2.30. The summed E-state index contributed by atoms with van der Waals surface area (Å²) in [6.07, 6.45) is 0.934. The lowest BCUT2D eigenvalue weighted by Crippen LogP contribution is -3.14. The number of nitrogens with zero attached hydrogens (tertiary/aromatic N) is 1. The van der Waals surface area contributed by atoms with Gasteiger partial charge in [-0.15, -0.1) is 0 Å². The third-order valence-electron chi connectivity index (χ3n) is 2.68. The lowest BCUT2D eigenvalue weighted by atomic mass is 9.93. The third-order valence-corrected chi connectivity index (χ3v) is 2.68. The van der Waals surface area contributed by atoms with Crippen molar-refractivity contribution in [1.29, 1.82) is 0 Å². The molecule has 1 aliphatic rings. The zero-order valence-corrected chi connectivity index (χ0v) is 7.46. The lowest BCUT2D eigenvalue weighted by molar-refractivity contribution is -0.908. The summed E-state index contributed by atoms with van der Waals surface area (Å²) in [6, 6.07) is 0.595. The van der Waals surface area contributed by atoms with Gasteiger partial charge in [0.2, 0.25) is 0 Å². The molecule has 0 aliphatic carbocycles. The number of rotatable bonds is 0. The van der Waals surface area contributed by atoms with Crippen LogP contribution in [0.3, 0.4) is 0 Å². The minimum Gasteiger partial charge on any atom is -0.411 e. The number of hydrogen-bond acceptors (Lipinski definition) is 2. The molecular formula is C8H17N2O+. The SMILES string of the molecule is C[C@@H]1C[NH+](C)[C@@H](C)C/C1=N/O. The van der Waals surface area contributed by atoms with E-state index in [1.54, 1.807) is 0 Å². The highest BCUT2D eigenvalue weighted by molar-refractivity contribution is 5.86. The van der Waals surface area contributed by atoms with Gasteiger partial charge in [0, 0.05) is 12.3 Å². The fraction of sp³-hybridized carbons (Fsp3) is 0.875. The van der Waals surface area contributed by atoms with Crippen molar-refractivity contribution in [3.63, 3.8) is 0 Å². The van der Waals surface area contributed by atoms with Gasteiger partial charge in [0.25, 0.3) is 0 Å². The van der Waals surface area contributed by atoms with Crippen LogP contribution in [0.15, 0.2) is 5.16 Å². The minimum atomic E-state index is 0.441. The normalized spacial score (nSPS) is 42.8. The van der Waals surface area contributed by atoms with Crippen molar-refractivity contribution in [3.05, 3.63) is 0 Å². The monoisotopic (exact) mass is 157 g/mol. The standard InChI is InChI=1S/C8H16N2O/c1-6-5-10(3)7(2)4-8(6)9-11/h6-7,11H,4-5H2,1-3H3/p+1/b9-8-/t6-,7+/m1/s1. The summed E-state index contributed by atoms with van der Waals surface area (Å²) in [7, 11) is 2.19. The number of nitrogens with one attached hydrogen (secondary N) is 1. The Morgan fingerprint density at radius 2 is 2.18 bits per heavy atom. The molecule has 1 heterocycles. The molecule has 11 heavy (non-hydrogen) atoms. The van der Waals surface area contributed by atoms with E-state index in [1.165, 1.54) is 4.90 Å². The smallest absolute Gasteiger partial charge is 0.0898 e. The first-order valence-electron chi connectivity index (χ1n) is 4.18. The molecule has 1 fully saturated rings. The molecule has 0 saturated carbocycles. The van der Waals surface area contributed by atoms with E-state index in [0.717, 1.165) is 18.7 Å². The Balaban J connectivity index is 2.62. The van der Waals surface area contributed by atoms with E-state index in [9.17, 15) is 0 Å². The molecule has 3 nitrogen and oxygen atoms in total. The van der Waals surface area contributed by atoms with Crippen LogP contribution < -0.4 is 4.90 Å². The molecule has 1 aliphatic heterocycles. The summed E-state index contributed by atoms with van der Waals surface area (Å²) < 4.78 is 0. The molecule has 0 bridgehead atoms. The number of quaternary nitrogens is 1. The second-order valence-electron chi connectivity index (χ2n) is 3.65. The summed E-state index contributed by atoms with van der Waals surface area (Å²) in [6.45, 7) is 5.39. The van der Waals surface area contributed by atoms with Gasteiger partial charge in [0.15, 0.2) is 0 Å². The van der Waals surface area contributed by atoms with Crippen LogP contribution in [0.5, 0.6) is 0 Å². The quantitative estimate of drug-likeness (QED) is 0.369. The van der Waals surface area contributed by atoms with E-state index in [0.29, 0.717) is 12.0 Å². The summed E-state index contributed by atoms with van der Waals surface area (Å²) >= 11 is 0. The Kier molecular flexibility index (Phi) is 2.49. The second-order valence-corrected chi connectivity index (χ2v) is 3.65. The van der Waals surface area contributed by atoms with Gasteiger partial charge in [-0.2, -0.15) is 0 Å². The third kappa shape index (κ3) is 1.71. The van der Waals surface area contributed by atoms with Crippen LogP contribution in [0.1, 0.15) is 20.3 Å². The predicted molar refractivity (Wildman–Crippen MR) is 44.2 cm³/mol. The minimum absolute atomic E-state index is 0.441. The van der Waals surface area contributed by atoms with Gasteiger partial charge >= 0.3 is 0 Å². The number of likely N-dealkylation sites (tertiary alicyclic amines) is 1. The molecule has 0 radical (unpaired) electrons. The van der Waals surface area contributed by atoms with Gasteiger partial charge in [0.05, 0.1) is 25.3 Å². The average Bonchev–Trinajstić information content (AvgIpc) is 1.97. The van der Waals surface area contributed by atoms with Crippen molar-refractivity contribution in [3.8, 4) is 0 Å². The van der Waals surface area contributed by atoms with Crippen molar-refractivity contribution in [2.24, 2.45) is 11.1 Å². The van der Waals surface area contributed by atoms with Gasteiger partial charge in [-0.25, -0.2) is 0 Å². The highest BCUT2D eigenvalue weighted by atomic mass is 16.4. The van der Waals surface area contributed by atoms with E-state index >= 15 is 0 Å². The number of piperidine rings is 1. The molecule has 0 aromatic rings. The van der Waals surface area contributed by atoms with Gasteiger partial charge < -0.3 is 10.1 Å². The molecule has 3 heteroatoms. The highest BCUT2D eigenvalue weighted by Crippen LogP contribution is 2.06. The average molecular weight is 157 g/mol. The van der Waals surface area contributed by atoms with E-state index in [2.05, 4.69) is 26.1 Å². The first-order valence-corrected chi connectivity index (χ1v) is 4.18. The van der Waals surface area contributed by atoms with Crippen LogP contribution in [0.25, 0.3) is 0 Å². The maximum absolute atomic E-state index is 8.64. The van der Waals surface area contributed by atoms with Gasteiger partial charge in [-0.05, 0) is 6.92 Å². The highest BCUT2D eigenvalue weighted by Gasteiger charge is 2.28. The van der Waals surface area contributed by atoms with Crippen molar-refractivity contribution in [2.45, 2.75) is 26.3 Å². The molecule has 1 rings (SSSR count). The molecule has 1 unspecified atom stereocenters. The topological polar surface area (TPSA) is 37.0 Å². The molecule has 64 valence electrons. The Morgan fingerprint density at radius 1 is 1.55 bits per heavy atom. The maximum Gasteiger partial charge on any atom is 0.0898 e. The largest absolute Gasteiger partial charge is 0.411 e. The van der Waals surface area contributed by atoms with Crippen LogP contribution in [0.2, 0.25) is 0 Å². The molecule has 3 atom stereocenters.